The fraction of sp³-hybridized carbons (Fsp3) is 1.00. The summed E-state index contributed by atoms with van der Waals surface area (Å²) in [6.07, 6.45) is 0. The molecule has 0 aliphatic rings. The quantitative estimate of drug-likeness (QED) is 0.708. The topological polar surface area (TPSA) is 38.0 Å². The second-order valence-electron chi connectivity index (χ2n) is 5.58. The van der Waals surface area contributed by atoms with Crippen LogP contribution in [0.1, 0.15) is 48.5 Å². The summed E-state index contributed by atoms with van der Waals surface area (Å²) in [6.45, 7) is 15.1. The van der Waals surface area contributed by atoms with Crippen molar-refractivity contribution in [2.24, 2.45) is 11.1 Å². The van der Waals surface area contributed by atoms with Crippen molar-refractivity contribution in [2.45, 2.75) is 66.1 Å². The van der Waals surface area contributed by atoms with E-state index < -0.39 is 0 Å². The van der Waals surface area contributed by atoms with Crippen molar-refractivity contribution in [1.29, 1.82) is 0 Å². The second kappa shape index (κ2) is 3.97. The van der Waals surface area contributed by atoms with Gasteiger partial charge in [-0.05, 0) is 19.3 Å². The number of nitrogens with one attached hydrogen (secondary N) is 1. The molecule has 0 aliphatic heterocycles. The van der Waals surface area contributed by atoms with Gasteiger partial charge in [0.15, 0.2) is 0 Å². The molecule has 2 nitrogen and oxygen atoms in total. The molecule has 0 heterocycles. The van der Waals surface area contributed by atoms with Gasteiger partial charge in [0.2, 0.25) is 0 Å². The maximum absolute atomic E-state index is 6.32. The van der Waals surface area contributed by atoms with Crippen molar-refractivity contribution in [3.63, 3.8) is 0 Å². The van der Waals surface area contributed by atoms with Gasteiger partial charge in [0, 0.05) is 17.6 Å². The zero-order valence-electron chi connectivity index (χ0n) is 10.2. The first kappa shape index (κ1) is 12.9. The molecule has 0 saturated carbocycles. The van der Waals surface area contributed by atoms with Gasteiger partial charge in [-0.2, -0.15) is 0 Å². The highest BCUT2D eigenvalue weighted by atomic mass is 15.0. The van der Waals surface area contributed by atoms with Crippen LogP contribution in [0.25, 0.3) is 0 Å². The molecule has 0 spiro atoms. The minimum atomic E-state index is -0.183. The Morgan fingerprint density at radius 2 is 1.38 bits per heavy atom. The summed E-state index contributed by atoms with van der Waals surface area (Å²) in [5.41, 5.74) is 6.26. The molecule has 0 aromatic carbocycles. The maximum Gasteiger partial charge on any atom is 0.0327 e. The highest BCUT2D eigenvalue weighted by Crippen LogP contribution is 2.30. The normalized spacial score (nSPS) is 20.1. The van der Waals surface area contributed by atoms with Gasteiger partial charge in [0.1, 0.15) is 0 Å². The molecule has 2 heteroatoms. The lowest BCUT2D eigenvalue weighted by atomic mass is 9.71. The van der Waals surface area contributed by atoms with Crippen molar-refractivity contribution in [1.82, 2.24) is 5.32 Å². The summed E-state index contributed by atoms with van der Waals surface area (Å²) in [7, 11) is 0. The van der Waals surface area contributed by atoms with Crippen molar-refractivity contribution in [3.05, 3.63) is 0 Å². The first-order chi connectivity index (χ1) is 5.59. The third-order valence-electron chi connectivity index (χ3n) is 3.10. The summed E-state index contributed by atoms with van der Waals surface area (Å²) >= 11 is 0. The van der Waals surface area contributed by atoms with E-state index >= 15 is 0 Å². The van der Waals surface area contributed by atoms with Gasteiger partial charge in [0.25, 0.3) is 0 Å². The molecular formula is C11H26N2. The van der Waals surface area contributed by atoms with E-state index in [1.54, 1.807) is 0 Å². The molecule has 0 amide bonds. The molecule has 2 atom stereocenters. The average molecular weight is 186 g/mol. The predicted octanol–water partition coefficient (Wildman–Crippen LogP) is 2.14. The number of rotatable bonds is 3. The predicted molar refractivity (Wildman–Crippen MR) is 59.8 cm³/mol. The van der Waals surface area contributed by atoms with E-state index in [0.29, 0.717) is 12.1 Å². The molecule has 0 rings (SSSR count). The molecule has 3 N–H and O–H groups in total. The van der Waals surface area contributed by atoms with E-state index in [1.165, 1.54) is 0 Å². The lowest BCUT2D eigenvalue weighted by molar-refractivity contribution is 0.153. The van der Waals surface area contributed by atoms with Gasteiger partial charge in [0.05, 0.1) is 0 Å². The molecule has 0 radical (unpaired) electrons. The van der Waals surface area contributed by atoms with Crippen molar-refractivity contribution >= 4 is 0 Å². The maximum atomic E-state index is 6.32. The van der Waals surface area contributed by atoms with Crippen molar-refractivity contribution < 1.29 is 0 Å². The van der Waals surface area contributed by atoms with E-state index in [9.17, 15) is 0 Å². The third-order valence-corrected chi connectivity index (χ3v) is 3.10. The third kappa shape index (κ3) is 3.28. The van der Waals surface area contributed by atoms with E-state index in [1.807, 2.05) is 0 Å². The molecule has 13 heavy (non-hydrogen) atoms. The largest absolute Gasteiger partial charge is 0.324 e. The summed E-state index contributed by atoms with van der Waals surface area (Å²) < 4.78 is 0. The Balaban J connectivity index is 4.45. The SMILES string of the molecule is CC(C)N[C@H](C)[C@@](C)(N)C(C)(C)C. The molecule has 0 aliphatic carbocycles. The van der Waals surface area contributed by atoms with E-state index in [2.05, 4.69) is 53.8 Å². The smallest absolute Gasteiger partial charge is 0.0327 e. The fourth-order valence-electron chi connectivity index (χ4n) is 1.32. The van der Waals surface area contributed by atoms with Crippen LogP contribution in [0, 0.1) is 5.41 Å². The fourth-order valence-corrected chi connectivity index (χ4v) is 1.32. The summed E-state index contributed by atoms with van der Waals surface area (Å²) in [4.78, 5) is 0. The Kier molecular flexibility index (Phi) is 3.95. The van der Waals surface area contributed by atoms with Gasteiger partial charge in [-0.15, -0.1) is 0 Å². The number of hydrogen-bond donors (Lipinski definition) is 2. The van der Waals surface area contributed by atoms with Crippen molar-refractivity contribution in [2.75, 3.05) is 0 Å². The highest BCUT2D eigenvalue weighted by Gasteiger charge is 2.38. The van der Waals surface area contributed by atoms with Crippen LogP contribution in [0.4, 0.5) is 0 Å². The summed E-state index contributed by atoms with van der Waals surface area (Å²) in [6, 6.07) is 0.813. The van der Waals surface area contributed by atoms with Crippen LogP contribution in [-0.4, -0.2) is 17.6 Å². The van der Waals surface area contributed by atoms with Gasteiger partial charge in [-0.3, -0.25) is 0 Å². The van der Waals surface area contributed by atoms with Gasteiger partial charge in [-0.1, -0.05) is 34.6 Å². The van der Waals surface area contributed by atoms with Crippen LogP contribution in [0.2, 0.25) is 0 Å². The Labute approximate surface area is 83.3 Å². The van der Waals surface area contributed by atoms with E-state index in [-0.39, 0.29) is 11.0 Å². The van der Waals surface area contributed by atoms with Gasteiger partial charge >= 0.3 is 0 Å². The molecule has 0 bridgehead atoms. The van der Waals surface area contributed by atoms with Gasteiger partial charge < -0.3 is 11.1 Å². The van der Waals surface area contributed by atoms with Crippen LogP contribution >= 0.6 is 0 Å². The van der Waals surface area contributed by atoms with Gasteiger partial charge in [-0.25, -0.2) is 0 Å². The Bertz CT molecular complexity index is 154. The van der Waals surface area contributed by atoms with E-state index in [4.69, 9.17) is 5.73 Å². The molecular weight excluding hydrogens is 160 g/mol. The first-order valence-corrected chi connectivity index (χ1v) is 5.14. The second-order valence-corrected chi connectivity index (χ2v) is 5.58. The van der Waals surface area contributed by atoms with Crippen LogP contribution in [0.3, 0.4) is 0 Å². The van der Waals surface area contributed by atoms with Crippen LogP contribution in [0.15, 0.2) is 0 Å². The van der Waals surface area contributed by atoms with Crippen LogP contribution in [-0.2, 0) is 0 Å². The highest BCUT2D eigenvalue weighted by molar-refractivity contribution is 4.99. The minimum absolute atomic E-state index is 0.119. The average Bonchev–Trinajstić information content (AvgIpc) is 1.82. The van der Waals surface area contributed by atoms with Crippen molar-refractivity contribution in [3.8, 4) is 0 Å². The first-order valence-electron chi connectivity index (χ1n) is 5.14. The monoisotopic (exact) mass is 186 g/mol. The lowest BCUT2D eigenvalue weighted by Gasteiger charge is -2.44. The molecule has 0 fully saturated rings. The lowest BCUT2D eigenvalue weighted by Crippen LogP contribution is -2.62. The Hall–Kier alpha value is -0.0800. The minimum Gasteiger partial charge on any atom is -0.324 e. The van der Waals surface area contributed by atoms with Crippen LogP contribution < -0.4 is 11.1 Å². The molecule has 0 aromatic rings. The molecule has 80 valence electrons. The zero-order valence-corrected chi connectivity index (χ0v) is 10.2. The standard InChI is InChI=1S/C11H26N2/c1-8(2)13-9(3)11(7,12)10(4,5)6/h8-9,13H,12H2,1-7H3/t9-,11-/m1/s1. The molecule has 0 unspecified atom stereocenters. The van der Waals surface area contributed by atoms with E-state index in [0.717, 1.165) is 0 Å². The summed E-state index contributed by atoms with van der Waals surface area (Å²) in [5, 5.41) is 3.46. The summed E-state index contributed by atoms with van der Waals surface area (Å²) in [5.74, 6) is 0. The Morgan fingerprint density at radius 3 is 1.62 bits per heavy atom. The zero-order chi connectivity index (χ0) is 10.9. The number of nitrogens with two attached hydrogens (primary N) is 1. The Morgan fingerprint density at radius 1 is 1.00 bits per heavy atom. The molecule has 0 aromatic heterocycles. The number of hydrogen-bond acceptors (Lipinski definition) is 2. The van der Waals surface area contributed by atoms with Crippen LogP contribution in [0.5, 0.6) is 0 Å². The molecule has 0 saturated heterocycles.